The van der Waals surface area contributed by atoms with E-state index < -0.39 is 13.3 Å². The summed E-state index contributed by atoms with van der Waals surface area (Å²) < 4.78 is 1.61. The molecular formula is C28H34GeN2. The van der Waals surface area contributed by atoms with E-state index in [4.69, 9.17) is 9.97 Å². The van der Waals surface area contributed by atoms with Crippen LogP contribution in [0.1, 0.15) is 47.8 Å². The van der Waals surface area contributed by atoms with E-state index in [0.717, 1.165) is 22.4 Å². The van der Waals surface area contributed by atoms with Crippen LogP contribution in [-0.2, 0) is 0 Å². The molecule has 4 aromatic rings. The number of aromatic nitrogens is 2. The fourth-order valence-corrected chi connectivity index (χ4v) is 10.5. The molecule has 0 bridgehead atoms. The normalized spacial score (nSPS) is 12.3. The number of nitrogens with zero attached hydrogens (tertiary/aromatic N) is 2. The number of fused-ring (bicyclic) bond motifs is 3. The first kappa shape index (κ1) is 22.0. The molecule has 3 heteroatoms. The summed E-state index contributed by atoms with van der Waals surface area (Å²) in [5, 5.41) is 3.76. The summed E-state index contributed by atoms with van der Waals surface area (Å²) in [6, 6.07) is 13.6. The molecule has 0 radical (unpaired) electrons. The standard InChI is InChI=1S/C28H34GeN2/c1-16(2)28-30-26(22-13-17(3)12-18(4)14-22)23-11-10-21-15-19(5)25(29(7,8)9)20(6)24(21)27(23)31-28/h10-16H,1-9H3. The molecule has 160 valence electrons. The third kappa shape index (κ3) is 3.91. The molecule has 0 saturated heterocycles. The van der Waals surface area contributed by atoms with Gasteiger partial charge in [0.2, 0.25) is 0 Å². The second-order valence-corrected chi connectivity index (χ2v) is 21.0. The maximum atomic E-state index is 5.16. The van der Waals surface area contributed by atoms with Gasteiger partial charge in [0.1, 0.15) is 0 Å². The van der Waals surface area contributed by atoms with Crippen LogP contribution in [0.3, 0.4) is 0 Å². The second kappa shape index (κ2) is 7.74. The molecule has 0 amide bonds. The van der Waals surface area contributed by atoms with Crippen LogP contribution in [0.4, 0.5) is 0 Å². The van der Waals surface area contributed by atoms with E-state index in [0.29, 0.717) is 0 Å². The van der Waals surface area contributed by atoms with Crippen molar-refractivity contribution in [3.63, 3.8) is 0 Å². The van der Waals surface area contributed by atoms with Gasteiger partial charge in [-0.1, -0.05) is 0 Å². The molecule has 0 fully saturated rings. The predicted molar refractivity (Wildman–Crippen MR) is 138 cm³/mol. The Hall–Kier alpha value is -2.20. The monoisotopic (exact) mass is 472 g/mol. The van der Waals surface area contributed by atoms with Crippen LogP contribution in [0.15, 0.2) is 36.4 Å². The van der Waals surface area contributed by atoms with Crippen LogP contribution in [-0.4, -0.2) is 23.2 Å². The van der Waals surface area contributed by atoms with Gasteiger partial charge >= 0.3 is 190 Å². The number of hydrogen-bond acceptors (Lipinski definition) is 2. The van der Waals surface area contributed by atoms with Crippen LogP contribution >= 0.6 is 0 Å². The number of aryl methyl sites for hydroxylation is 4. The van der Waals surface area contributed by atoms with Gasteiger partial charge < -0.3 is 0 Å². The molecule has 0 spiro atoms. The van der Waals surface area contributed by atoms with Crippen molar-refractivity contribution >= 4 is 39.3 Å². The summed E-state index contributed by atoms with van der Waals surface area (Å²) in [6.07, 6.45) is 0. The summed E-state index contributed by atoms with van der Waals surface area (Å²) in [5.41, 5.74) is 8.74. The van der Waals surface area contributed by atoms with E-state index in [2.05, 4.69) is 95.2 Å². The van der Waals surface area contributed by atoms with Gasteiger partial charge in [-0.2, -0.15) is 0 Å². The van der Waals surface area contributed by atoms with Gasteiger partial charge in [0.15, 0.2) is 0 Å². The van der Waals surface area contributed by atoms with E-state index in [1.54, 1.807) is 4.40 Å². The Morgan fingerprint density at radius 1 is 0.806 bits per heavy atom. The second-order valence-electron chi connectivity index (χ2n) is 10.5. The quantitative estimate of drug-likeness (QED) is 0.231. The van der Waals surface area contributed by atoms with Gasteiger partial charge in [0.25, 0.3) is 0 Å². The summed E-state index contributed by atoms with van der Waals surface area (Å²) in [7, 11) is 0. The third-order valence-corrected chi connectivity index (χ3v) is 11.0. The van der Waals surface area contributed by atoms with Crippen LogP contribution < -0.4 is 4.40 Å². The van der Waals surface area contributed by atoms with Gasteiger partial charge in [-0.25, -0.2) is 0 Å². The van der Waals surface area contributed by atoms with Crippen LogP contribution in [0.5, 0.6) is 0 Å². The number of benzene rings is 3. The molecule has 0 N–H and O–H groups in total. The topological polar surface area (TPSA) is 25.8 Å². The molecule has 0 atom stereocenters. The van der Waals surface area contributed by atoms with Crippen molar-refractivity contribution in [1.29, 1.82) is 0 Å². The Balaban J connectivity index is 2.20. The molecule has 1 aromatic heterocycles. The molecule has 0 aliphatic carbocycles. The average Bonchev–Trinajstić information content (AvgIpc) is 2.64. The first-order valence-corrected chi connectivity index (χ1v) is 18.7. The van der Waals surface area contributed by atoms with Crippen molar-refractivity contribution in [1.82, 2.24) is 9.97 Å². The van der Waals surface area contributed by atoms with Crippen molar-refractivity contribution in [3.8, 4) is 11.3 Å². The maximum absolute atomic E-state index is 5.16. The summed E-state index contributed by atoms with van der Waals surface area (Å²) in [4.78, 5) is 10.2. The van der Waals surface area contributed by atoms with Crippen LogP contribution in [0.2, 0.25) is 17.3 Å². The zero-order valence-electron chi connectivity index (χ0n) is 20.4. The summed E-state index contributed by atoms with van der Waals surface area (Å²) in [5.74, 6) is 8.66. The van der Waals surface area contributed by atoms with Gasteiger partial charge in [-0.3, -0.25) is 0 Å². The van der Waals surface area contributed by atoms with E-state index in [1.165, 1.54) is 38.6 Å². The average molecular weight is 471 g/mol. The fraction of sp³-hybridized carbons (Fsp3) is 0.357. The van der Waals surface area contributed by atoms with Crippen molar-refractivity contribution in [3.05, 3.63) is 64.5 Å². The van der Waals surface area contributed by atoms with Gasteiger partial charge in [0, 0.05) is 0 Å². The molecule has 0 unspecified atom stereocenters. The Bertz CT molecular complexity index is 1310. The van der Waals surface area contributed by atoms with E-state index >= 15 is 0 Å². The summed E-state index contributed by atoms with van der Waals surface area (Å²) in [6.45, 7) is 13.3. The SMILES string of the molecule is Cc1cc(C)cc(-c2nc(C(C)C)nc3c2ccc2cc(C)[c]([Ge]([CH3])([CH3])[CH3])c(C)c23)c1. The molecule has 0 saturated carbocycles. The number of rotatable bonds is 3. The zero-order valence-corrected chi connectivity index (χ0v) is 22.5. The molecule has 3 aromatic carbocycles. The molecule has 31 heavy (non-hydrogen) atoms. The molecule has 2 nitrogen and oxygen atoms in total. The molecular weight excluding hydrogens is 437 g/mol. The minimum absolute atomic E-state index is 0.273. The zero-order chi connectivity index (χ0) is 22.7. The molecule has 1 heterocycles. The Morgan fingerprint density at radius 2 is 1.45 bits per heavy atom. The number of hydrogen-bond donors (Lipinski definition) is 0. The van der Waals surface area contributed by atoms with Crippen molar-refractivity contribution in [2.75, 3.05) is 0 Å². The van der Waals surface area contributed by atoms with E-state index in [9.17, 15) is 0 Å². The molecule has 4 rings (SSSR count). The van der Waals surface area contributed by atoms with Crippen molar-refractivity contribution < 1.29 is 0 Å². The Morgan fingerprint density at radius 3 is 2.03 bits per heavy atom. The van der Waals surface area contributed by atoms with Crippen LogP contribution in [0, 0.1) is 27.7 Å². The first-order chi connectivity index (χ1) is 14.5. The Labute approximate surface area is 189 Å². The van der Waals surface area contributed by atoms with Gasteiger partial charge in [0.05, 0.1) is 0 Å². The van der Waals surface area contributed by atoms with Gasteiger partial charge in [-0.15, -0.1) is 0 Å². The van der Waals surface area contributed by atoms with E-state index in [-0.39, 0.29) is 5.92 Å². The predicted octanol–water partition coefficient (Wildman–Crippen LogP) is 7.35. The van der Waals surface area contributed by atoms with Gasteiger partial charge in [-0.05, 0) is 0 Å². The fourth-order valence-electron chi connectivity index (χ4n) is 5.21. The van der Waals surface area contributed by atoms with E-state index in [1.807, 2.05) is 0 Å². The molecule has 0 aliphatic heterocycles. The minimum atomic E-state index is -2.05. The van der Waals surface area contributed by atoms with Crippen molar-refractivity contribution in [2.24, 2.45) is 0 Å². The Kier molecular flexibility index (Phi) is 5.50. The van der Waals surface area contributed by atoms with Crippen molar-refractivity contribution in [2.45, 2.75) is 64.7 Å². The summed E-state index contributed by atoms with van der Waals surface area (Å²) >= 11 is -2.05. The third-order valence-electron chi connectivity index (χ3n) is 6.20. The molecule has 0 aliphatic rings. The first-order valence-electron chi connectivity index (χ1n) is 11.3. The van der Waals surface area contributed by atoms with Crippen LogP contribution in [0.25, 0.3) is 32.9 Å².